The van der Waals surface area contributed by atoms with Gasteiger partial charge >= 0.3 is 0 Å². The van der Waals surface area contributed by atoms with Gasteiger partial charge in [0, 0.05) is 18.3 Å². The fourth-order valence-corrected chi connectivity index (χ4v) is 4.39. The maximum atomic E-state index is 13.6. The molecule has 12 heteroatoms. The van der Waals surface area contributed by atoms with Crippen LogP contribution in [0.25, 0.3) is 10.2 Å². The summed E-state index contributed by atoms with van der Waals surface area (Å²) in [5.74, 6) is -0.160. The summed E-state index contributed by atoms with van der Waals surface area (Å²) in [5, 5.41) is 23.0. The fraction of sp³-hybridized carbons (Fsp3) is 0.136. The molecule has 4 rings (SSSR count). The second-order valence-corrected chi connectivity index (χ2v) is 8.20. The molecule has 0 saturated heterocycles. The highest BCUT2D eigenvalue weighted by molar-refractivity contribution is 7.22. The van der Waals surface area contributed by atoms with Gasteiger partial charge in [0.2, 0.25) is 0 Å². The highest BCUT2D eigenvalue weighted by Crippen LogP contribution is 2.37. The first-order valence-corrected chi connectivity index (χ1v) is 10.7. The fourth-order valence-electron chi connectivity index (χ4n) is 3.34. The van der Waals surface area contributed by atoms with Gasteiger partial charge in [-0.25, -0.2) is 4.98 Å². The van der Waals surface area contributed by atoms with E-state index in [1.165, 1.54) is 23.3 Å². The Hall–Kier alpha value is -4.45. The molecule has 0 unspecified atom stereocenters. The van der Waals surface area contributed by atoms with Gasteiger partial charge in [-0.15, -0.1) is 0 Å². The number of nitro benzene ring substituents is 2. The number of thiazole rings is 1. The van der Waals surface area contributed by atoms with Gasteiger partial charge in [0.1, 0.15) is 11.3 Å². The molecular formula is C22H17N5O6S. The van der Waals surface area contributed by atoms with Crippen molar-refractivity contribution in [2.24, 2.45) is 0 Å². The molecule has 0 spiro atoms. The maximum absolute atomic E-state index is 13.6. The molecule has 172 valence electrons. The smallest absolute Gasteiger partial charge is 0.277 e. The van der Waals surface area contributed by atoms with Crippen molar-refractivity contribution in [3.63, 3.8) is 0 Å². The Bertz CT molecular complexity index is 1390. The Kier molecular flexibility index (Phi) is 6.15. The van der Waals surface area contributed by atoms with Crippen molar-refractivity contribution in [3.05, 3.63) is 91.8 Å². The van der Waals surface area contributed by atoms with Crippen molar-refractivity contribution >= 4 is 44.0 Å². The molecule has 0 aliphatic carbocycles. The van der Waals surface area contributed by atoms with E-state index in [1.54, 1.807) is 30.5 Å². The van der Waals surface area contributed by atoms with E-state index in [9.17, 15) is 25.0 Å². The number of nitro groups is 2. The van der Waals surface area contributed by atoms with Crippen LogP contribution < -0.4 is 9.64 Å². The number of nitrogens with zero attached hydrogens (tertiary/aromatic N) is 5. The Morgan fingerprint density at radius 3 is 2.38 bits per heavy atom. The number of carbonyl (C=O) groups excluding carboxylic acids is 1. The lowest BCUT2D eigenvalue weighted by Gasteiger charge is -2.19. The molecule has 0 bridgehead atoms. The molecule has 2 heterocycles. The number of ether oxygens (including phenoxy) is 1. The van der Waals surface area contributed by atoms with Gasteiger partial charge in [-0.2, -0.15) is 0 Å². The predicted octanol–water partition coefficient (Wildman–Crippen LogP) is 4.67. The number of methoxy groups -OCH3 is 1. The number of benzene rings is 2. The van der Waals surface area contributed by atoms with Crippen molar-refractivity contribution in [1.29, 1.82) is 0 Å². The van der Waals surface area contributed by atoms with Crippen LogP contribution in [0, 0.1) is 27.2 Å². The molecule has 0 aliphatic rings. The number of non-ortho nitro benzene ring substituents is 2. The van der Waals surface area contributed by atoms with E-state index < -0.39 is 27.1 Å². The van der Waals surface area contributed by atoms with E-state index in [0.29, 0.717) is 22.1 Å². The third-order valence-corrected chi connectivity index (χ3v) is 6.22. The molecule has 1 amide bonds. The van der Waals surface area contributed by atoms with E-state index >= 15 is 0 Å². The molecule has 4 aromatic rings. The summed E-state index contributed by atoms with van der Waals surface area (Å²) in [6.07, 6.45) is 1.57. The molecule has 0 saturated carbocycles. The minimum Gasteiger partial charge on any atom is -0.494 e. The average Bonchev–Trinajstić information content (AvgIpc) is 3.29. The number of aromatic nitrogens is 2. The van der Waals surface area contributed by atoms with Crippen molar-refractivity contribution in [2.75, 3.05) is 12.0 Å². The molecule has 11 nitrogen and oxygen atoms in total. The van der Waals surface area contributed by atoms with Crippen molar-refractivity contribution < 1.29 is 19.4 Å². The van der Waals surface area contributed by atoms with Gasteiger partial charge in [0.25, 0.3) is 17.3 Å². The zero-order valence-electron chi connectivity index (χ0n) is 18.0. The van der Waals surface area contributed by atoms with E-state index in [-0.39, 0.29) is 12.1 Å². The summed E-state index contributed by atoms with van der Waals surface area (Å²) in [6, 6.07) is 11.7. The molecule has 34 heavy (non-hydrogen) atoms. The van der Waals surface area contributed by atoms with Crippen molar-refractivity contribution in [3.8, 4) is 5.75 Å². The number of carbonyl (C=O) groups is 1. The summed E-state index contributed by atoms with van der Waals surface area (Å²) >= 11 is 1.24. The summed E-state index contributed by atoms with van der Waals surface area (Å²) in [5.41, 5.74) is 0.704. The Morgan fingerprint density at radius 1 is 1.09 bits per heavy atom. The first-order valence-electron chi connectivity index (χ1n) is 9.88. The number of hydrogen-bond donors (Lipinski definition) is 0. The minimum absolute atomic E-state index is 0.00263. The number of aryl methyl sites for hydroxylation is 1. The van der Waals surface area contributed by atoms with Crippen LogP contribution in [-0.2, 0) is 6.54 Å². The number of fused-ring (bicyclic) bond motifs is 1. The second-order valence-electron chi connectivity index (χ2n) is 7.22. The van der Waals surface area contributed by atoms with E-state index in [0.717, 1.165) is 28.5 Å². The Balaban J connectivity index is 1.87. The SMILES string of the molecule is COc1ccc(C)c2sc(N(Cc3ccccn3)C(=O)c3cc([N+](=O)[O-])cc([N+](=O)[O-])c3)nc12. The summed E-state index contributed by atoms with van der Waals surface area (Å²) < 4.78 is 6.21. The quantitative estimate of drug-likeness (QED) is 0.275. The first-order chi connectivity index (χ1) is 16.3. The van der Waals surface area contributed by atoms with Gasteiger partial charge < -0.3 is 4.74 Å². The Morgan fingerprint density at radius 2 is 1.79 bits per heavy atom. The van der Waals surface area contributed by atoms with Gasteiger partial charge in [-0.3, -0.25) is 34.9 Å². The lowest BCUT2D eigenvalue weighted by molar-refractivity contribution is -0.394. The topological polar surface area (TPSA) is 142 Å². The molecule has 0 fully saturated rings. The van der Waals surface area contributed by atoms with Crippen LogP contribution in [0.1, 0.15) is 21.6 Å². The van der Waals surface area contributed by atoms with Crippen LogP contribution in [-0.4, -0.2) is 32.8 Å². The number of anilines is 1. The largest absolute Gasteiger partial charge is 0.494 e. The zero-order chi connectivity index (χ0) is 24.4. The summed E-state index contributed by atoms with van der Waals surface area (Å²) in [4.78, 5) is 44.9. The second kappa shape index (κ2) is 9.19. The van der Waals surface area contributed by atoms with E-state index in [2.05, 4.69) is 9.97 Å². The first kappa shape index (κ1) is 22.7. The van der Waals surface area contributed by atoms with Gasteiger partial charge in [-0.1, -0.05) is 23.5 Å². The molecule has 0 N–H and O–H groups in total. The summed E-state index contributed by atoms with van der Waals surface area (Å²) in [6.45, 7) is 1.90. The zero-order valence-corrected chi connectivity index (χ0v) is 18.8. The maximum Gasteiger partial charge on any atom is 0.277 e. The van der Waals surface area contributed by atoms with Crippen LogP contribution in [0.2, 0.25) is 0 Å². The normalized spacial score (nSPS) is 10.8. The van der Waals surface area contributed by atoms with Gasteiger partial charge in [-0.05, 0) is 30.7 Å². The predicted molar refractivity (Wildman–Crippen MR) is 125 cm³/mol. The number of rotatable bonds is 7. The van der Waals surface area contributed by atoms with Gasteiger partial charge in [0.05, 0.1) is 45.5 Å². The van der Waals surface area contributed by atoms with Crippen LogP contribution in [0.5, 0.6) is 5.75 Å². The number of amides is 1. The van der Waals surface area contributed by atoms with Crippen molar-refractivity contribution in [1.82, 2.24) is 9.97 Å². The Labute approximate surface area is 196 Å². The number of pyridine rings is 1. The molecule has 2 aromatic heterocycles. The highest BCUT2D eigenvalue weighted by atomic mass is 32.1. The third kappa shape index (κ3) is 4.38. The van der Waals surface area contributed by atoms with E-state index in [1.807, 2.05) is 13.0 Å². The van der Waals surface area contributed by atoms with Crippen LogP contribution in [0.15, 0.2) is 54.7 Å². The van der Waals surface area contributed by atoms with E-state index in [4.69, 9.17) is 4.74 Å². The highest BCUT2D eigenvalue weighted by Gasteiger charge is 2.27. The van der Waals surface area contributed by atoms with Crippen LogP contribution in [0.4, 0.5) is 16.5 Å². The lowest BCUT2D eigenvalue weighted by atomic mass is 10.1. The average molecular weight is 479 g/mol. The van der Waals surface area contributed by atoms with Gasteiger partial charge in [0.15, 0.2) is 5.13 Å². The molecule has 0 aliphatic heterocycles. The minimum atomic E-state index is -0.779. The molecule has 0 atom stereocenters. The molecular weight excluding hydrogens is 462 g/mol. The monoisotopic (exact) mass is 479 g/mol. The number of hydrogen-bond acceptors (Lipinski definition) is 9. The standard InChI is InChI=1S/C22H17N5O6S/c1-13-6-7-18(33-2)19-20(13)34-22(24-19)25(12-15-5-3-4-8-23-15)21(28)14-9-16(26(29)30)11-17(10-14)27(31)32/h3-11H,12H2,1-2H3. The third-order valence-electron chi connectivity index (χ3n) is 5.01. The summed E-state index contributed by atoms with van der Waals surface area (Å²) in [7, 11) is 1.52. The lowest BCUT2D eigenvalue weighted by Crippen LogP contribution is -2.30. The van der Waals surface area contributed by atoms with Crippen molar-refractivity contribution in [2.45, 2.75) is 13.5 Å². The molecule has 2 aromatic carbocycles. The van der Waals surface area contributed by atoms with Crippen LogP contribution in [0.3, 0.4) is 0 Å². The van der Waals surface area contributed by atoms with Crippen LogP contribution >= 0.6 is 11.3 Å². The molecule has 0 radical (unpaired) electrons.